The molecule has 1 aromatic carbocycles. The number of hydrogen-bond acceptors (Lipinski definition) is 5. The fraction of sp³-hybridized carbons (Fsp3) is 0.231. The molecule has 0 aliphatic carbocycles. The van der Waals surface area contributed by atoms with E-state index in [-0.39, 0.29) is 12.6 Å². The van der Waals surface area contributed by atoms with Crippen LogP contribution in [0, 0.1) is 11.6 Å². The first-order valence-electron chi connectivity index (χ1n) is 6.66. The van der Waals surface area contributed by atoms with Crippen molar-refractivity contribution in [3.8, 4) is 0 Å². The standard InChI is InChI=1S/C13H12F2N3O3PS/c14-8-4-7-10(5-9(8)15)23-12-11(7)17-6-18-13(12)16-2-1-3-22(19,20)21/h4-6H,1-3H2,(H,16,17,18)(H2,19,20,21). The number of nitrogens with zero attached hydrogens (tertiary/aromatic N) is 2. The third-order valence-corrected chi connectivity index (χ3v) is 5.26. The molecule has 0 bridgehead atoms. The normalized spacial score (nSPS) is 12.2. The Morgan fingerprint density at radius 2 is 1.96 bits per heavy atom. The molecule has 23 heavy (non-hydrogen) atoms. The van der Waals surface area contributed by atoms with Crippen LogP contribution >= 0.6 is 18.9 Å². The highest BCUT2D eigenvalue weighted by atomic mass is 32.1. The number of rotatable bonds is 5. The maximum Gasteiger partial charge on any atom is 0.325 e. The molecule has 0 saturated heterocycles. The van der Waals surface area contributed by atoms with Gasteiger partial charge in [-0.05, 0) is 18.6 Å². The second kappa shape index (κ2) is 6.09. The Bertz CT molecular complexity index is 928. The van der Waals surface area contributed by atoms with E-state index < -0.39 is 19.2 Å². The highest BCUT2D eigenvalue weighted by Gasteiger charge is 2.15. The third-order valence-electron chi connectivity index (χ3n) is 3.21. The highest BCUT2D eigenvalue weighted by molar-refractivity contribution is 7.51. The van der Waals surface area contributed by atoms with Crippen LogP contribution in [0.15, 0.2) is 18.5 Å². The van der Waals surface area contributed by atoms with Crippen LogP contribution in [0.2, 0.25) is 0 Å². The molecule has 0 saturated carbocycles. The summed E-state index contributed by atoms with van der Waals surface area (Å²) in [6, 6.07) is 2.22. The number of anilines is 1. The van der Waals surface area contributed by atoms with E-state index in [1.165, 1.54) is 17.7 Å². The van der Waals surface area contributed by atoms with E-state index in [4.69, 9.17) is 9.79 Å². The number of benzene rings is 1. The molecule has 0 unspecified atom stereocenters. The lowest BCUT2D eigenvalue weighted by Crippen LogP contribution is -2.05. The van der Waals surface area contributed by atoms with E-state index in [2.05, 4.69) is 15.3 Å². The zero-order chi connectivity index (χ0) is 16.6. The van der Waals surface area contributed by atoms with Gasteiger partial charge in [-0.25, -0.2) is 18.7 Å². The summed E-state index contributed by atoms with van der Waals surface area (Å²) in [6.07, 6.45) is 1.35. The van der Waals surface area contributed by atoms with Crippen molar-refractivity contribution < 1.29 is 23.1 Å². The molecule has 0 radical (unpaired) electrons. The Morgan fingerprint density at radius 3 is 2.70 bits per heavy atom. The van der Waals surface area contributed by atoms with Gasteiger partial charge < -0.3 is 15.1 Å². The molecule has 0 amide bonds. The predicted molar refractivity (Wildman–Crippen MR) is 84.9 cm³/mol. The zero-order valence-corrected chi connectivity index (χ0v) is 13.4. The predicted octanol–water partition coefficient (Wildman–Crippen LogP) is 3.10. The fourth-order valence-corrected chi connectivity index (χ4v) is 3.89. The maximum atomic E-state index is 13.4. The molecule has 0 aliphatic heterocycles. The number of hydrogen-bond donors (Lipinski definition) is 3. The molecule has 3 rings (SSSR count). The van der Waals surface area contributed by atoms with E-state index in [1.54, 1.807) is 0 Å². The summed E-state index contributed by atoms with van der Waals surface area (Å²) in [6.45, 7) is 0.314. The van der Waals surface area contributed by atoms with E-state index in [1.807, 2.05) is 0 Å². The quantitative estimate of drug-likeness (QED) is 0.479. The van der Waals surface area contributed by atoms with Crippen LogP contribution in [-0.4, -0.2) is 32.5 Å². The van der Waals surface area contributed by atoms with Gasteiger partial charge in [0.1, 0.15) is 12.1 Å². The minimum absolute atomic E-state index is 0.225. The van der Waals surface area contributed by atoms with E-state index in [9.17, 15) is 13.3 Å². The Hall–Kier alpha value is -1.67. The van der Waals surface area contributed by atoms with E-state index in [0.717, 1.165) is 12.1 Å². The van der Waals surface area contributed by atoms with Gasteiger partial charge in [-0.3, -0.25) is 4.57 Å². The van der Waals surface area contributed by atoms with E-state index >= 15 is 0 Å². The van der Waals surface area contributed by atoms with Crippen molar-refractivity contribution in [2.75, 3.05) is 18.0 Å². The molecule has 10 heteroatoms. The number of fused-ring (bicyclic) bond motifs is 3. The summed E-state index contributed by atoms with van der Waals surface area (Å²) in [4.78, 5) is 25.8. The van der Waals surface area contributed by atoms with Gasteiger partial charge in [-0.1, -0.05) is 0 Å². The van der Waals surface area contributed by atoms with E-state index in [0.29, 0.717) is 32.7 Å². The van der Waals surface area contributed by atoms with Crippen molar-refractivity contribution in [1.82, 2.24) is 9.97 Å². The van der Waals surface area contributed by atoms with Crippen LogP contribution in [0.3, 0.4) is 0 Å². The summed E-state index contributed by atoms with van der Waals surface area (Å²) in [7, 11) is -4.02. The Labute approximate surface area is 133 Å². The zero-order valence-electron chi connectivity index (χ0n) is 11.7. The summed E-state index contributed by atoms with van der Waals surface area (Å²) in [5.41, 5.74) is 0.511. The number of nitrogens with one attached hydrogen (secondary N) is 1. The summed E-state index contributed by atoms with van der Waals surface area (Å²) < 4.78 is 38.8. The topological polar surface area (TPSA) is 95.3 Å². The molecule has 2 heterocycles. The van der Waals surface area contributed by atoms with Gasteiger partial charge in [0.15, 0.2) is 11.6 Å². The lowest BCUT2D eigenvalue weighted by atomic mass is 10.2. The number of halogens is 2. The highest BCUT2D eigenvalue weighted by Crippen LogP contribution is 2.37. The second-order valence-electron chi connectivity index (χ2n) is 4.93. The van der Waals surface area contributed by atoms with Crippen molar-refractivity contribution in [1.29, 1.82) is 0 Å². The smallest absolute Gasteiger partial charge is 0.325 e. The molecule has 3 aromatic rings. The molecule has 2 aromatic heterocycles. The first-order valence-corrected chi connectivity index (χ1v) is 9.27. The summed E-state index contributed by atoms with van der Waals surface area (Å²) in [5.74, 6) is -1.39. The molecular formula is C13H12F2N3O3PS. The van der Waals surface area contributed by atoms with Crippen LogP contribution < -0.4 is 5.32 Å². The first-order chi connectivity index (χ1) is 10.8. The second-order valence-corrected chi connectivity index (χ2v) is 7.76. The average Bonchev–Trinajstić information content (AvgIpc) is 2.82. The molecule has 0 fully saturated rings. The number of aromatic nitrogens is 2. The van der Waals surface area contributed by atoms with Gasteiger partial charge in [0, 0.05) is 16.6 Å². The molecule has 0 spiro atoms. The monoisotopic (exact) mass is 359 g/mol. The SMILES string of the molecule is O=P(O)(O)CCCNc1ncnc2c1sc1cc(F)c(F)cc12. The van der Waals surface area contributed by atoms with Gasteiger partial charge in [0.05, 0.1) is 16.4 Å². The molecule has 122 valence electrons. The van der Waals surface area contributed by atoms with Crippen molar-refractivity contribution >= 4 is 45.1 Å². The average molecular weight is 359 g/mol. The van der Waals surface area contributed by atoms with Crippen LogP contribution in [-0.2, 0) is 4.57 Å². The van der Waals surface area contributed by atoms with Crippen molar-refractivity contribution in [2.45, 2.75) is 6.42 Å². The Kier molecular flexibility index (Phi) is 4.29. The third kappa shape index (κ3) is 3.48. The van der Waals surface area contributed by atoms with Crippen LogP contribution in [0.4, 0.5) is 14.6 Å². The minimum Gasteiger partial charge on any atom is -0.369 e. The van der Waals surface area contributed by atoms with Crippen LogP contribution in [0.5, 0.6) is 0 Å². The Balaban J connectivity index is 1.91. The van der Waals surface area contributed by atoms with Gasteiger partial charge >= 0.3 is 7.60 Å². The summed E-state index contributed by atoms with van der Waals surface area (Å²) in [5, 5.41) is 3.48. The van der Waals surface area contributed by atoms with Crippen molar-refractivity contribution in [2.24, 2.45) is 0 Å². The number of thiophene rings is 1. The first kappa shape index (κ1) is 16.2. The maximum absolute atomic E-state index is 13.4. The van der Waals surface area contributed by atoms with Crippen LogP contribution in [0.25, 0.3) is 20.3 Å². The van der Waals surface area contributed by atoms with Gasteiger partial charge in [0.25, 0.3) is 0 Å². The minimum atomic E-state index is -4.02. The van der Waals surface area contributed by atoms with Gasteiger partial charge in [-0.15, -0.1) is 11.3 Å². The fourth-order valence-electron chi connectivity index (χ4n) is 2.19. The van der Waals surface area contributed by atoms with Gasteiger partial charge in [-0.2, -0.15) is 0 Å². The van der Waals surface area contributed by atoms with Crippen LogP contribution in [0.1, 0.15) is 6.42 Å². The van der Waals surface area contributed by atoms with Crippen molar-refractivity contribution in [3.63, 3.8) is 0 Å². The molecule has 0 aliphatic rings. The lowest BCUT2D eigenvalue weighted by molar-refractivity contribution is 0.372. The largest absolute Gasteiger partial charge is 0.369 e. The Morgan fingerprint density at radius 1 is 1.22 bits per heavy atom. The summed E-state index contributed by atoms with van der Waals surface area (Å²) >= 11 is 1.23. The van der Waals surface area contributed by atoms with Gasteiger partial charge in [0.2, 0.25) is 0 Å². The molecular weight excluding hydrogens is 347 g/mol. The van der Waals surface area contributed by atoms with Crippen molar-refractivity contribution in [3.05, 3.63) is 30.1 Å². The lowest BCUT2D eigenvalue weighted by Gasteiger charge is -2.06. The molecule has 6 nitrogen and oxygen atoms in total. The molecule has 3 N–H and O–H groups in total. The molecule has 0 atom stereocenters.